The summed E-state index contributed by atoms with van der Waals surface area (Å²) in [5.41, 5.74) is 3.57. The van der Waals surface area contributed by atoms with E-state index in [1.54, 1.807) is 4.90 Å². The predicted molar refractivity (Wildman–Crippen MR) is 134 cm³/mol. The summed E-state index contributed by atoms with van der Waals surface area (Å²) in [7, 11) is 1.85. The van der Waals surface area contributed by atoms with Gasteiger partial charge in [0.15, 0.2) is 0 Å². The standard InChI is InChI=1S/C28H42N2O3/c1-19-7-6-8-20(13-19)15-23(31)9-10-24-25-16-21(14-22(25)17-26(24)32)11-12-29-18-27(33)30(5)28(2,3)4/h6-10,13-14,22-26,29,31-32H,11-12,15-18H2,1-5H3/b10-9+/t22-,23-,24+,25-,26+/m0/s1. The molecule has 0 aliphatic heterocycles. The van der Waals surface area contributed by atoms with Crippen LogP contribution >= 0.6 is 0 Å². The van der Waals surface area contributed by atoms with Crippen molar-refractivity contribution in [2.24, 2.45) is 17.8 Å². The molecular formula is C28H42N2O3. The van der Waals surface area contributed by atoms with Gasteiger partial charge in [-0.05, 0) is 70.9 Å². The Hall–Kier alpha value is -1.95. The van der Waals surface area contributed by atoms with E-state index in [0.29, 0.717) is 24.8 Å². The summed E-state index contributed by atoms with van der Waals surface area (Å²) in [5, 5.41) is 24.4. The SMILES string of the molecule is Cc1cccc(C[C@@H](O)/C=C/[C@@H]2[C@H]3CC(CCNCC(=O)N(C)C(C)(C)C)=C[C@H]3C[C@H]2O)c1. The third-order valence-corrected chi connectivity index (χ3v) is 7.31. The minimum absolute atomic E-state index is 0.0888. The van der Waals surface area contributed by atoms with Gasteiger partial charge in [0.25, 0.3) is 0 Å². The Morgan fingerprint density at radius 1 is 1.33 bits per heavy atom. The highest BCUT2D eigenvalue weighted by Crippen LogP contribution is 2.47. The number of nitrogens with one attached hydrogen (secondary N) is 1. The van der Waals surface area contributed by atoms with Gasteiger partial charge < -0.3 is 20.4 Å². The molecule has 0 spiro atoms. The second-order valence-corrected chi connectivity index (χ2v) is 10.9. The summed E-state index contributed by atoms with van der Waals surface area (Å²) in [6.07, 6.45) is 8.68. The largest absolute Gasteiger partial charge is 0.392 e. The van der Waals surface area contributed by atoms with Crippen LogP contribution in [0.1, 0.15) is 51.2 Å². The number of hydrogen-bond acceptors (Lipinski definition) is 4. The van der Waals surface area contributed by atoms with Gasteiger partial charge in [0.05, 0.1) is 18.8 Å². The van der Waals surface area contributed by atoms with Crippen molar-refractivity contribution in [1.82, 2.24) is 10.2 Å². The minimum atomic E-state index is -0.542. The molecule has 0 radical (unpaired) electrons. The zero-order valence-electron chi connectivity index (χ0n) is 20.9. The lowest BCUT2D eigenvalue weighted by molar-refractivity contribution is -0.133. The van der Waals surface area contributed by atoms with Gasteiger partial charge >= 0.3 is 0 Å². The van der Waals surface area contributed by atoms with Crippen LogP contribution in [-0.4, -0.2) is 58.9 Å². The number of aliphatic hydroxyl groups is 2. The zero-order valence-corrected chi connectivity index (χ0v) is 20.9. The molecule has 1 saturated carbocycles. The van der Waals surface area contributed by atoms with Crippen molar-refractivity contribution in [3.8, 4) is 0 Å². The average Bonchev–Trinajstić information content (AvgIpc) is 3.24. The number of carbonyl (C=O) groups is 1. The maximum absolute atomic E-state index is 12.3. The molecule has 182 valence electrons. The summed E-state index contributed by atoms with van der Waals surface area (Å²) in [6, 6.07) is 8.22. The van der Waals surface area contributed by atoms with Crippen LogP contribution in [0.2, 0.25) is 0 Å². The fraction of sp³-hybridized carbons (Fsp3) is 0.607. The first-order chi connectivity index (χ1) is 15.5. The maximum Gasteiger partial charge on any atom is 0.236 e. The van der Waals surface area contributed by atoms with Crippen molar-refractivity contribution in [3.05, 3.63) is 59.2 Å². The number of carbonyl (C=O) groups excluding carboxylic acids is 1. The summed E-state index contributed by atoms with van der Waals surface area (Å²) in [4.78, 5) is 14.1. The summed E-state index contributed by atoms with van der Waals surface area (Å²) in [5.74, 6) is 1.02. The van der Waals surface area contributed by atoms with Crippen LogP contribution in [0.4, 0.5) is 0 Å². The summed E-state index contributed by atoms with van der Waals surface area (Å²) in [6.45, 7) is 9.31. The van der Waals surface area contributed by atoms with Gasteiger partial charge in [-0.25, -0.2) is 0 Å². The Labute approximate surface area is 199 Å². The number of benzene rings is 1. The lowest BCUT2D eigenvalue weighted by atomic mass is 9.88. The summed E-state index contributed by atoms with van der Waals surface area (Å²) < 4.78 is 0. The smallest absolute Gasteiger partial charge is 0.236 e. The topological polar surface area (TPSA) is 72.8 Å². The van der Waals surface area contributed by atoms with E-state index in [1.165, 1.54) is 11.1 Å². The lowest BCUT2D eigenvalue weighted by Gasteiger charge is -2.32. The van der Waals surface area contributed by atoms with Crippen molar-refractivity contribution in [1.29, 1.82) is 0 Å². The third-order valence-electron chi connectivity index (χ3n) is 7.31. The Balaban J connectivity index is 1.45. The van der Waals surface area contributed by atoms with E-state index in [0.717, 1.165) is 31.4 Å². The third kappa shape index (κ3) is 7.02. The first-order valence-corrected chi connectivity index (χ1v) is 12.3. The van der Waals surface area contributed by atoms with Crippen LogP contribution in [0.15, 0.2) is 48.1 Å². The molecule has 0 saturated heterocycles. The number of hydrogen-bond donors (Lipinski definition) is 3. The molecular weight excluding hydrogens is 412 g/mol. The molecule has 1 amide bonds. The van der Waals surface area contributed by atoms with Crippen LogP contribution in [-0.2, 0) is 11.2 Å². The molecule has 0 aromatic heterocycles. The normalized spacial score (nSPS) is 25.8. The molecule has 0 bridgehead atoms. The molecule has 5 heteroatoms. The number of rotatable bonds is 9. The minimum Gasteiger partial charge on any atom is -0.392 e. The molecule has 33 heavy (non-hydrogen) atoms. The molecule has 3 N–H and O–H groups in total. The second-order valence-electron chi connectivity index (χ2n) is 10.9. The van der Waals surface area contributed by atoms with E-state index in [1.807, 2.05) is 52.1 Å². The van der Waals surface area contributed by atoms with Gasteiger partial charge in [0.2, 0.25) is 5.91 Å². The number of amides is 1. The molecule has 5 atom stereocenters. The van der Waals surface area contributed by atoms with E-state index in [2.05, 4.69) is 30.4 Å². The Morgan fingerprint density at radius 2 is 2.09 bits per heavy atom. The van der Waals surface area contributed by atoms with Crippen LogP contribution in [0.25, 0.3) is 0 Å². The quantitative estimate of drug-likeness (QED) is 0.394. The van der Waals surface area contributed by atoms with Crippen molar-refractivity contribution in [2.45, 2.75) is 71.1 Å². The highest BCUT2D eigenvalue weighted by Gasteiger charge is 2.43. The van der Waals surface area contributed by atoms with Gasteiger partial charge in [-0.3, -0.25) is 4.79 Å². The van der Waals surface area contributed by atoms with Gasteiger partial charge in [0.1, 0.15) is 0 Å². The fourth-order valence-corrected chi connectivity index (χ4v) is 5.13. The van der Waals surface area contributed by atoms with Gasteiger partial charge in [-0.15, -0.1) is 0 Å². The summed E-state index contributed by atoms with van der Waals surface area (Å²) >= 11 is 0. The van der Waals surface area contributed by atoms with Gasteiger partial charge in [-0.2, -0.15) is 0 Å². The zero-order chi connectivity index (χ0) is 24.2. The highest BCUT2D eigenvalue weighted by molar-refractivity contribution is 5.78. The first-order valence-electron chi connectivity index (χ1n) is 12.3. The van der Waals surface area contributed by atoms with Crippen LogP contribution < -0.4 is 5.32 Å². The monoisotopic (exact) mass is 454 g/mol. The molecule has 1 fully saturated rings. The first kappa shape index (κ1) is 25.7. The maximum atomic E-state index is 12.3. The van der Waals surface area contributed by atoms with Crippen LogP contribution in [0, 0.1) is 24.7 Å². The number of likely N-dealkylation sites (N-methyl/N-ethyl adjacent to an activating group) is 1. The van der Waals surface area contributed by atoms with Crippen molar-refractivity contribution in [2.75, 3.05) is 20.1 Å². The Morgan fingerprint density at radius 3 is 2.79 bits per heavy atom. The number of nitrogens with zero attached hydrogens (tertiary/aromatic N) is 1. The van der Waals surface area contributed by atoms with Crippen molar-refractivity contribution in [3.63, 3.8) is 0 Å². The van der Waals surface area contributed by atoms with Gasteiger partial charge in [-0.1, -0.05) is 53.6 Å². The number of allylic oxidation sites excluding steroid dienone is 1. The molecule has 0 unspecified atom stereocenters. The van der Waals surface area contributed by atoms with E-state index in [9.17, 15) is 15.0 Å². The highest BCUT2D eigenvalue weighted by atomic mass is 16.3. The molecule has 0 heterocycles. The predicted octanol–water partition coefficient (Wildman–Crippen LogP) is 3.63. The van der Waals surface area contributed by atoms with Gasteiger partial charge in [0, 0.05) is 24.9 Å². The van der Waals surface area contributed by atoms with E-state index in [-0.39, 0.29) is 23.5 Å². The molecule has 3 rings (SSSR count). The number of aryl methyl sites for hydroxylation is 1. The number of fused-ring (bicyclic) bond motifs is 1. The van der Waals surface area contributed by atoms with Crippen LogP contribution in [0.3, 0.4) is 0 Å². The molecule has 2 aliphatic carbocycles. The molecule has 1 aromatic rings. The molecule has 2 aliphatic rings. The van der Waals surface area contributed by atoms with E-state index in [4.69, 9.17) is 0 Å². The molecule has 1 aromatic carbocycles. The Bertz CT molecular complexity index is 870. The lowest BCUT2D eigenvalue weighted by Crippen LogP contribution is -2.46. The van der Waals surface area contributed by atoms with Crippen molar-refractivity contribution >= 4 is 5.91 Å². The second kappa shape index (κ2) is 11.0. The van der Waals surface area contributed by atoms with Crippen LogP contribution in [0.5, 0.6) is 0 Å². The fourth-order valence-electron chi connectivity index (χ4n) is 5.13. The molecule has 5 nitrogen and oxygen atoms in total. The number of aliphatic hydroxyl groups excluding tert-OH is 2. The van der Waals surface area contributed by atoms with Crippen molar-refractivity contribution < 1.29 is 15.0 Å². The van der Waals surface area contributed by atoms with E-state index >= 15 is 0 Å². The Kier molecular flexibility index (Phi) is 8.54. The average molecular weight is 455 g/mol. The van der Waals surface area contributed by atoms with E-state index < -0.39 is 6.10 Å².